The highest BCUT2D eigenvalue weighted by atomic mass is 16.5. The van der Waals surface area contributed by atoms with E-state index in [9.17, 15) is 4.79 Å². The average Bonchev–Trinajstić information content (AvgIpc) is 2.42. The molecule has 1 N–H and O–H groups in total. The van der Waals surface area contributed by atoms with Gasteiger partial charge in [0.1, 0.15) is 0 Å². The van der Waals surface area contributed by atoms with Crippen LogP contribution < -0.4 is 0 Å². The largest absolute Gasteiger partial charge is 0.395 e. The van der Waals surface area contributed by atoms with Crippen molar-refractivity contribution in [3.8, 4) is 0 Å². The van der Waals surface area contributed by atoms with E-state index in [2.05, 4.69) is 6.07 Å². The van der Waals surface area contributed by atoms with Gasteiger partial charge in [-0.15, -0.1) is 0 Å². The van der Waals surface area contributed by atoms with Gasteiger partial charge in [0.25, 0.3) is 0 Å². The Labute approximate surface area is 120 Å². The third kappa shape index (κ3) is 5.15. The average molecular weight is 277 g/mol. The van der Waals surface area contributed by atoms with Gasteiger partial charge in [0.05, 0.1) is 13.2 Å². The number of benzene rings is 1. The van der Waals surface area contributed by atoms with Gasteiger partial charge in [-0.05, 0) is 31.1 Å². The second-order valence-electron chi connectivity index (χ2n) is 4.74. The summed E-state index contributed by atoms with van der Waals surface area (Å²) in [5.74, 6) is -0.115. The van der Waals surface area contributed by atoms with Crippen molar-refractivity contribution < 1.29 is 14.6 Å². The second-order valence-corrected chi connectivity index (χ2v) is 4.74. The number of hydrogen-bond donors (Lipinski definition) is 1. The van der Waals surface area contributed by atoms with Crippen LogP contribution in [0.25, 0.3) is 6.08 Å². The monoisotopic (exact) mass is 277 g/mol. The van der Waals surface area contributed by atoms with Gasteiger partial charge < -0.3 is 14.7 Å². The van der Waals surface area contributed by atoms with Crippen molar-refractivity contribution in [1.29, 1.82) is 0 Å². The molecule has 0 radical (unpaired) electrons. The molecule has 0 aromatic heterocycles. The van der Waals surface area contributed by atoms with E-state index in [0.717, 1.165) is 11.1 Å². The van der Waals surface area contributed by atoms with Crippen LogP contribution in [0.1, 0.15) is 16.7 Å². The molecule has 0 unspecified atom stereocenters. The number of amides is 1. The molecule has 0 aliphatic rings. The summed E-state index contributed by atoms with van der Waals surface area (Å²) in [4.78, 5) is 13.6. The van der Waals surface area contributed by atoms with E-state index in [1.54, 1.807) is 18.1 Å². The second kappa shape index (κ2) is 8.51. The smallest absolute Gasteiger partial charge is 0.246 e. The molecule has 0 saturated carbocycles. The van der Waals surface area contributed by atoms with Crippen molar-refractivity contribution in [3.05, 3.63) is 41.0 Å². The summed E-state index contributed by atoms with van der Waals surface area (Å²) in [6, 6.07) is 6.11. The zero-order valence-corrected chi connectivity index (χ0v) is 12.4. The van der Waals surface area contributed by atoms with Gasteiger partial charge in [-0.25, -0.2) is 0 Å². The van der Waals surface area contributed by atoms with Crippen LogP contribution >= 0.6 is 0 Å². The highest BCUT2D eigenvalue weighted by Gasteiger charge is 2.09. The maximum atomic E-state index is 12.1. The first-order chi connectivity index (χ1) is 9.58. The topological polar surface area (TPSA) is 49.8 Å². The van der Waals surface area contributed by atoms with Crippen LogP contribution in [0.5, 0.6) is 0 Å². The summed E-state index contributed by atoms with van der Waals surface area (Å²) >= 11 is 0. The molecule has 0 aliphatic carbocycles. The molecule has 0 heterocycles. The minimum atomic E-state index is -0.115. The van der Waals surface area contributed by atoms with Gasteiger partial charge >= 0.3 is 0 Å². The van der Waals surface area contributed by atoms with Gasteiger partial charge in [0.2, 0.25) is 5.91 Å². The van der Waals surface area contributed by atoms with Crippen molar-refractivity contribution in [1.82, 2.24) is 4.90 Å². The molecule has 0 aliphatic heterocycles. The van der Waals surface area contributed by atoms with Gasteiger partial charge in [-0.2, -0.15) is 0 Å². The van der Waals surface area contributed by atoms with Gasteiger partial charge in [-0.1, -0.05) is 23.8 Å². The summed E-state index contributed by atoms with van der Waals surface area (Å²) in [5, 5.41) is 8.99. The predicted octanol–water partition coefficient (Wildman–Crippen LogP) is 1.78. The Morgan fingerprint density at radius 1 is 1.35 bits per heavy atom. The number of hydrogen-bond acceptors (Lipinski definition) is 3. The molecule has 110 valence electrons. The Morgan fingerprint density at radius 2 is 2.10 bits per heavy atom. The fraction of sp³-hybridized carbons (Fsp3) is 0.438. The third-order valence-electron chi connectivity index (χ3n) is 3.08. The van der Waals surface area contributed by atoms with Crippen LogP contribution in [0.3, 0.4) is 0 Å². The molecule has 0 bridgehead atoms. The molecule has 0 fully saturated rings. The third-order valence-corrected chi connectivity index (χ3v) is 3.08. The summed E-state index contributed by atoms with van der Waals surface area (Å²) in [5.41, 5.74) is 3.37. The van der Waals surface area contributed by atoms with Crippen molar-refractivity contribution in [2.75, 3.05) is 33.4 Å². The molecule has 0 spiro atoms. The minimum absolute atomic E-state index is 0.0488. The van der Waals surface area contributed by atoms with Gasteiger partial charge in [0, 0.05) is 26.3 Å². The number of aliphatic hydroxyl groups excluding tert-OH is 1. The number of ether oxygens (including phenoxy) is 1. The van der Waals surface area contributed by atoms with E-state index in [1.807, 2.05) is 32.1 Å². The Hall–Kier alpha value is -1.65. The maximum absolute atomic E-state index is 12.1. The Bertz CT molecular complexity index is 469. The zero-order chi connectivity index (χ0) is 15.0. The standard InChI is InChI=1S/C16H23NO3/c1-13-4-5-15(14(2)12-13)6-7-16(19)17(8-10-18)9-11-20-3/h4-7,12,18H,8-11H2,1-3H3/b7-6+. The first-order valence-corrected chi connectivity index (χ1v) is 6.72. The summed E-state index contributed by atoms with van der Waals surface area (Å²) in [6.07, 6.45) is 3.36. The number of nitrogens with zero attached hydrogens (tertiary/aromatic N) is 1. The molecule has 1 aromatic carbocycles. The molecule has 4 heteroatoms. The van der Waals surface area contributed by atoms with Crippen LogP contribution in [-0.4, -0.2) is 49.3 Å². The lowest BCUT2D eigenvalue weighted by Gasteiger charge is -2.19. The van der Waals surface area contributed by atoms with Crippen LogP contribution in [-0.2, 0) is 9.53 Å². The summed E-state index contributed by atoms with van der Waals surface area (Å²) in [6.45, 7) is 5.27. The van der Waals surface area contributed by atoms with Crippen molar-refractivity contribution in [3.63, 3.8) is 0 Å². The summed E-state index contributed by atoms with van der Waals surface area (Å²) < 4.78 is 4.96. The quantitative estimate of drug-likeness (QED) is 0.773. The molecule has 4 nitrogen and oxygen atoms in total. The highest BCUT2D eigenvalue weighted by molar-refractivity contribution is 5.92. The number of rotatable bonds is 7. The molecular weight excluding hydrogens is 254 g/mol. The fourth-order valence-electron chi connectivity index (χ4n) is 1.93. The lowest BCUT2D eigenvalue weighted by atomic mass is 10.1. The Balaban J connectivity index is 2.73. The summed E-state index contributed by atoms with van der Waals surface area (Å²) in [7, 11) is 1.59. The van der Waals surface area contributed by atoms with Crippen LogP contribution in [0.4, 0.5) is 0 Å². The van der Waals surface area contributed by atoms with Crippen molar-refractivity contribution in [2.45, 2.75) is 13.8 Å². The van der Waals surface area contributed by atoms with E-state index in [0.29, 0.717) is 19.7 Å². The predicted molar refractivity (Wildman–Crippen MR) is 80.5 cm³/mol. The normalized spacial score (nSPS) is 11.0. The van der Waals surface area contributed by atoms with Gasteiger partial charge in [-0.3, -0.25) is 4.79 Å². The van der Waals surface area contributed by atoms with Gasteiger partial charge in [0.15, 0.2) is 0 Å². The van der Waals surface area contributed by atoms with Crippen LogP contribution in [0, 0.1) is 13.8 Å². The van der Waals surface area contributed by atoms with Crippen LogP contribution in [0.2, 0.25) is 0 Å². The molecule has 1 amide bonds. The SMILES string of the molecule is COCCN(CCO)C(=O)/C=C/c1ccc(C)cc1C. The number of aliphatic hydroxyl groups is 1. The molecule has 1 aromatic rings. The number of carbonyl (C=O) groups is 1. The van der Waals surface area contributed by atoms with E-state index >= 15 is 0 Å². The molecule has 20 heavy (non-hydrogen) atoms. The Kier molecular flexibility index (Phi) is 6.98. The first-order valence-electron chi connectivity index (χ1n) is 6.72. The fourth-order valence-corrected chi connectivity index (χ4v) is 1.93. The zero-order valence-electron chi connectivity index (χ0n) is 12.4. The number of methoxy groups -OCH3 is 1. The molecule has 0 saturated heterocycles. The first kappa shape index (κ1) is 16.4. The molecule has 0 atom stereocenters. The maximum Gasteiger partial charge on any atom is 0.246 e. The van der Waals surface area contributed by atoms with E-state index in [1.165, 1.54) is 5.56 Å². The van der Waals surface area contributed by atoms with E-state index < -0.39 is 0 Å². The van der Waals surface area contributed by atoms with Crippen LogP contribution in [0.15, 0.2) is 24.3 Å². The van der Waals surface area contributed by atoms with Crippen molar-refractivity contribution in [2.24, 2.45) is 0 Å². The Morgan fingerprint density at radius 3 is 2.70 bits per heavy atom. The number of carbonyl (C=O) groups excluding carboxylic acids is 1. The molecule has 1 rings (SSSR count). The lowest BCUT2D eigenvalue weighted by Crippen LogP contribution is -2.34. The number of aryl methyl sites for hydroxylation is 2. The minimum Gasteiger partial charge on any atom is -0.395 e. The van der Waals surface area contributed by atoms with E-state index in [4.69, 9.17) is 9.84 Å². The van der Waals surface area contributed by atoms with Crippen molar-refractivity contribution >= 4 is 12.0 Å². The van der Waals surface area contributed by atoms with E-state index in [-0.39, 0.29) is 12.5 Å². The molecular formula is C16H23NO3. The highest BCUT2D eigenvalue weighted by Crippen LogP contribution is 2.12. The lowest BCUT2D eigenvalue weighted by molar-refractivity contribution is -0.127.